The molecule has 50 valence electrons. The van der Waals surface area contributed by atoms with Crippen LogP contribution in [-0.4, -0.2) is 29.3 Å². The number of rotatable bonds is 4. The molecular formula is C5H13NOS. The SMILES string of the molecule is CC[S@](=O)CCNC. The minimum atomic E-state index is -0.589. The van der Waals surface area contributed by atoms with Crippen LogP contribution < -0.4 is 5.32 Å². The van der Waals surface area contributed by atoms with Crippen molar-refractivity contribution in [1.29, 1.82) is 0 Å². The maximum Gasteiger partial charge on any atom is 0.0359 e. The van der Waals surface area contributed by atoms with E-state index in [1.54, 1.807) is 0 Å². The summed E-state index contributed by atoms with van der Waals surface area (Å²) in [6.07, 6.45) is 0. The summed E-state index contributed by atoms with van der Waals surface area (Å²) in [6, 6.07) is 0. The van der Waals surface area contributed by atoms with E-state index in [1.165, 1.54) is 0 Å². The largest absolute Gasteiger partial charge is 0.319 e. The van der Waals surface area contributed by atoms with Crippen molar-refractivity contribution in [2.45, 2.75) is 6.92 Å². The third-order valence-corrected chi connectivity index (χ3v) is 2.21. The molecule has 0 aliphatic carbocycles. The molecule has 0 saturated carbocycles. The molecule has 0 aromatic carbocycles. The topological polar surface area (TPSA) is 29.1 Å². The summed E-state index contributed by atoms with van der Waals surface area (Å²) in [7, 11) is 1.28. The van der Waals surface area contributed by atoms with Crippen LogP contribution in [0.3, 0.4) is 0 Å². The Morgan fingerprint density at radius 3 is 2.62 bits per heavy atom. The van der Waals surface area contributed by atoms with E-state index < -0.39 is 10.8 Å². The minimum absolute atomic E-state index is 0.589. The van der Waals surface area contributed by atoms with E-state index in [9.17, 15) is 4.21 Å². The van der Waals surface area contributed by atoms with Crippen molar-refractivity contribution in [2.75, 3.05) is 25.1 Å². The van der Waals surface area contributed by atoms with Gasteiger partial charge in [0.05, 0.1) is 0 Å². The first-order valence-electron chi connectivity index (χ1n) is 2.80. The van der Waals surface area contributed by atoms with E-state index in [-0.39, 0.29) is 0 Å². The maximum absolute atomic E-state index is 10.6. The molecule has 0 fully saturated rings. The van der Waals surface area contributed by atoms with Crippen molar-refractivity contribution in [2.24, 2.45) is 0 Å². The summed E-state index contributed by atoms with van der Waals surface area (Å²) in [5.74, 6) is 1.56. The molecule has 0 spiro atoms. The van der Waals surface area contributed by atoms with Crippen molar-refractivity contribution in [3.8, 4) is 0 Å². The first kappa shape index (κ1) is 8.11. The monoisotopic (exact) mass is 135 g/mol. The van der Waals surface area contributed by atoms with Gasteiger partial charge in [-0.2, -0.15) is 0 Å². The van der Waals surface area contributed by atoms with Crippen LogP contribution in [0.4, 0.5) is 0 Å². The van der Waals surface area contributed by atoms with Crippen LogP contribution in [0, 0.1) is 0 Å². The van der Waals surface area contributed by atoms with Gasteiger partial charge in [0.1, 0.15) is 0 Å². The highest BCUT2D eigenvalue weighted by atomic mass is 32.2. The highest BCUT2D eigenvalue weighted by Gasteiger charge is 1.90. The fourth-order valence-corrected chi connectivity index (χ4v) is 1.08. The third-order valence-electron chi connectivity index (χ3n) is 0.902. The van der Waals surface area contributed by atoms with E-state index in [4.69, 9.17) is 0 Å². The summed E-state index contributed by atoms with van der Waals surface area (Å²) >= 11 is 0. The molecule has 0 aliphatic heterocycles. The molecule has 3 heteroatoms. The van der Waals surface area contributed by atoms with Gasteiger partial charge in [-0.3, -0.25) is 4.21 Å². The zero-order chi connectivity index (χ0) is 6.41. The van der Waals surface area contributed by atoms with Crippen LogP contribution in [0.1, 0.15) is 6.92 Å². The van der Waals surface area contributed by atoms with Gasteiger partial charge in [0, 0.05) is 28.9 Å². The molecule has 0 heterocycles. The Morgan fingerprint density at radius 1 is 1.62 bits per heavy atom. The molecule has 8 heavy (non-hydrogen) atoms. The van der Waals surface area contributed by atoms with E-state index in [0.29, 0.717) is 0 Å². The zero-order valence-electron chi connectivity index (χ0n) is 5.44. The molecule has 1 N–H and O–H groups in total. The molecule has 0 aromatic rings. The lowest BCUT2D eigenvalue weighted by Gasteiger charge is -1.94. The molecule has 2 nitrogen and oxygen atoms in total. The summed E-state index contributed by atoms with van der Waals surface area (Å²) in [5, 5.41) is 2.94. The maximum atomic E-state index is 10.6. The smallest absolute Gasteiger partial charge is 0.0359 e. The number of nitrogens with one attached hydrogen (secondary N) is 1. The summed E-state index contributed by atoms with van der Waals surface area (Å²) in [4.78, 5) is 0. The molecule has 0 amide bonds. The molecule has 0 aliphatic rings. The Balaban J connectivity index is 2.99. The average molecular weight is 135 g/mol. The lowest BCUT2D eigenvalue weighted by molar-refractivity contribution is 0.681. The predicted molar refractivity (Wildman–Crippen MR) is 37.5 cm³/mol. The second kappa shape index (κ2) is 5.25. The second-order valence-electron chi connectivity index (χ2n) is 1.54. The van der Waals surface area contributed by atoms with Gasteiger partial charge in [0.25, 0.3) is 0 Å². The molecule has 0 saturated heterocycles. The van der Waals surface area contributed by atoms with Crippen molar-refractivity contribution < 1.29 is 4.21 Å². The van der Waals surface area contributed by atoms with Crippen molar-refractivity contribution in [3.05, 3.63) is 0 Å². The van der Waals surface area contributed by atoms with E-state index in [1.807, 2.05) is 14.0 Å². The number of hydrogen-bond donors (Lipinski definition) is 1. The Bertz CT molecular complexity index is 74.8. The van der Waals surface area contributed by atoms with Crippen molar-refractivity contribution >= 4 is 10.8 Å². The first-order chi connectivity index (χ1) is 3.81. The highest BCUT2D eigenvalue weighted by Crippen LogP contribution is 1.76. The van der Waals surface area contributed by atoms with Crippen molar-refractivity contribution in [3.63, 3.8) is 0 Å². The van der Waals surface area contributed by atoms with Gasteiger partial charge in [-0.15, -0.1) is 0 Å². The highest BCUT2D eigenvalue weighted by molar-refractivity contribution is 7.84. The fraction of sp³-hybridized carbons (Fsp3) is 1.00. The van der Waals surface area contributed by atoms with Gasteiger partial charge >= 0.3 is 0 Å². The molecule has 1 atom stereocenters. The van der Waals surface area contributed by atoms with Crippen LogP contribution >= 0.6 is 0 Å². The summed E-state index contributed by atoms with van der Waals surface area (Å²) in [5.41, 5.74) is 0. The lowest BCUT2D eigenvalue weighted by atomic mass is 10.8. The van der Waals surface area contributed by atoms with Gasteiger partial charge < -0.3 is 5.32 Å². The zero-order valence-corrected chi connectivity index (χ0v) is 6.25. The molecule has 0 unspecified atom stereocenters. The lowest BCUT2D eigenvalue weighted by Crippen LogP contribution is -2.16. The van der Waals surface area contributed by atoms with Gasteiger partial charge in [-0.25, -0.2) is 0 Å². The quantitative estimate of drug-likeness (QED) is 0.586. The Hall–Kier alpha value is 0.110. The van der Waals surface area contributed by atoms with E-state index in [2.05, 4.69) is 5.32 Å². The van der Waals surface area contributed by atoms with Gasteiger partial charge in [0.15, 0.2) is 0 Å². The minimum Gasteiger partial charge on any atom is -0.319 e. The molecular weight excluding hydrogens is 122 g/mol. The fourth-order valence-electron chi connectivity index (χ4n) is 0.360. The normalized spacial score (nSPS) is 13.8. The molecule has 0 radical (unpaired) electrons. The standard InChI is InChI=1S/C5H13NOS/c1-3-8(7)5-4-6-2/h6H,3-5H2,1-2H3/t8-/m0/s1. The molecule has 0 rings (SSSR count). The molecule has 0 aromatic heterocycles. The molecule has 0 bridgehead atoms. The summed E-state index contributed by atoms with van der Waals surface area (Å²) in [6.45, 7) is 2.80. The van der Waals surface area contributed by atoms with Crippen LogP contribution in [-0.2, 0) is 10.8 Å². The van der Waals surface area contributed by atoms with E-state index >= 15 is 0 Å². The van der Waals surface area contributed by atoms with Crippen LogP contribution in [0.2, 0.25) is 0 Å². The Labute approximate surface area is 53.1 Å². The summed E-state index contributed by atoms with van der Waals surface area (Å²) < 4.78 is 10.6. The average Bonchev–Trinajstić information content (AvgIpc) is 1.83. The predicted octanol–water partition coefficient (Wildman–Crippen LogP) is -0.0256. The Morgan fingerprint density at radius 2 is 2.25 bits per heavy atom. The Kier molecular flexibility index (Phi) is 5.32. The van der Waals surface area contributed by atoms with Gasteiger partial charge in [-0.05, 0) is 7.05 Å². The van der Waals surface area contributed by atoms with Crippen LogP contribution in [0.5, 0.6) is 0 Å². The third kappa shape index (κ3) is 4.27. The number of hydrogen-bond acceptors (Lipinski definition) is 2. The first-order valence-corrected chi connectivity index (χ1v) is 4.29. The van der Waals surface area contributed by atoms with Crippen LogP contribution in [0.25, 0.3) is 0 Å². The second-order valence-corrected chi connectivity index (χ2v) is 3.40. The van der Waals surface area contributed by atoms with Gasteiger partial charge in [-0.1, -0.05) is 6.92 Å². The van der Waals surface area contributed by atoms with Crippen LogP contribution in [0.15, 0.2) is 0 Å². The van der Waals surface area contributed by atoms with E-state index in [0.717, 1.165) is 18.1 Å². The van der Waals surface area contributed by atoms with Crippen molar-refractivity contribution in [1.82, 2.24) is 5.32 Å². The van der Waals surface area contributed by atoms with Gasteiger partial charge in [0.2, 0.25) is 0 Å².